The second-order valence-corrected chi connectivity index (χ2v) is 6.16. The molecule has 0 unspecified atom stereocenters. The van der Waals surface area contributed by atoms with Crippen molar-refractivity contribution < 1.29 is 14.4 Å². The molecule has 0 spiro atoms. The van der Waals surface area contributed by atoms with E-state index < -0.39 is 6.04 Å². The third-order valence-electron chi connectivity index (χ3n) is 4.08. The quantitative estimate of drug-likeness (QED) is 0.720. The van der Waals surface area contributed by atoms with E-state index in [2.05, 4.69) is 22.5 Å². The number of nitrogens with one attached hydrogen (secondary N) is 3. The molecule has 0 aliphatic carbocycles. The number of fused-ring (bicyclic) bond motifs is 2. The molecule has 24 heavy (non-hydrogen) atoms. The smallest absolute Gasteiger partial charge is 0.315 e. The lowest BCUT2D eigenvalue weighted by atomic mass is 10.1. The van der Waals surface area contributed by atoms with Crippen LogP contribution in [0.25, 0.3) is 0 Å². The SMILES string of the molecule is C=CCNC(=O)N[C@H]1C[C@H]2C(=O)Nc3cc(Cl)ccc3C(=O)N2C1. The van der Waals surface area contributed by atoms with Crippen molar-refractivity contribution in [3.8, 4) is 0 Å². The third-order valence-corrected chi connectivity index (χ3v) is 4.31. The molecule has 2 heterocycles. The standard InChI is InChI=1S/C16H17ClN4O3/c1-2-5-18-16(24)19-10-7-13-14(22)20-12-6-9(17)3-4-11(12)15(23)21(13)8-10/h2-4,6,10,13H,1,5,7-8H2,(H,20,22)(H2,18,19,24)/t10-,13-/m0/s1. The second kappa shape index (κ2) is 6.52. The molecular formula is C16H17ClN4O3. The Bertz CT molecular complexity index is 721. The van der Waals surface area contributed by atoms with Crippen LogP contribution in [0, 0.1) is 0 Å². The van der Waals surface area contributed by atoms with E-state index in [9.17, 15) is 14.4 Å². The normalized spacial score (nSPS) is 22.1. The maximum Gasteiger partial charge on any atom is 0.315 e. The maximum atomic E-state index is 12.7. The molecule has 2 atom stereocenters. The zero-order valence-electron chi connectivity index (χ0n) is 12.8. The lowest BCUT2D eigenvalue weighted by Crippen LogP contribution is -2.44. The molecule has 2 aliphatic heterocycles. The molecule has 1 fully saturated rings. The second-order valence-electron chi connectivity index (χ2n) is 5.73. The van der Waals surface area contributed by atoms with Crippen LogP contribution in [0.2, 0.25) is 5.02 Å². The number of anilines is 1. The number of amides is 4. The van der Waals surface area contributed by atoms with Gasteiger partial charge in [0.15, 0.2) is 0 Å². The first-order chi connectivity index (χ1) is 11.5. The lowest BCUT2D eigenvalue weighted by molar-refractivity contribution is -0.119. The average Bonchev–Trinajstić information content (AvgIpc) is 2.92. The Morgan fingerprint density at radius 1 is 1.46 bits per heavy atom. The van der Waals surface area contributed by atoms with Crippen LogP contribution in [0.1, 0.15) is 16.8 Å². The van der Waals surface area contributed by atoms with Gasteiger partial charge in [0.25, 0.3) is 5.91 Å². The van der Waals surface area contributed by atoms with E-state index in [0.29, 0.717) is 29.2 Å². The predicted octanol–water partition coefficient (Wildman–Crippen LogP) is 1.36. The molecule has 8 heteroatoms. The molecule has 0 radical (unpaired) electrons. The summed E-state index contributed by atoms with van der Waals surface area (Å²) in [6, 6.07) is 3.52. The van der Waals surface area contributed by atoms with Gasteiger partial charge in [-0.2, -0.15) is 0 Å². The van der Waals surface area contributed by atoms with Crippen molar-refractivity contribution in [1.29, 1.82) is 0 Å². The van der Waals surface area contributed by atoms with E-state index in [4.69, 9.17) is 11.6 Å². The van der Waals surface area contributed by atoms with Crippen molar-refractivity contribution >= 4 is 35.1 Å². The Morgan fingerprint density at radius 2 is 2.25 bits per heavy atom. The van der Waals surface area contributed by atoms with E-state index in [1.54, 1.807) is 24.3 Å². The molecule has 126 valence electrons. The van der Waals surface area contributed by atoms with Crippen LogP contribution in [-0.2, 0) is 4.79 Å². The van der Waals surface area contributed by atoms with E-state index >= 15 is 0 Å². The predicted molar refractivity (Wildman–Crippen MR) is 90.0 cm³/mol. The number of halogens is 1. The van der Waals surface area contributed by atoms with Crippen molar-refractivity contribution in [2.75, 3.05) is 18.4 Å². The summed E-state index contributed by atoms with van der Waals surface area (Å²) < 4.78 is 0. The summed E-state index contributed by atoms with van der Waals surface area (Å²) in [6.45, 7) is 4.15. The molecule has 0 saturated carbocycles. The number of benzene rings is 1. The topological polar surface area (TPSA) is 90.5 Å². The van der Waals surface area contributed by atoms with E-state index in [0.717, 1.165) is 0 Å². The number of carbonyl (C=O) groups excluding carboxylic acids is 3. The fourth-order valence-corrected chi connectivity index (χ4v) is 3.16. The molecule has 3 N–H and O–H groups in total. The number of rotatable bonds is 3. The van der Waals surface area contributed by atoms with Crippen molar-refractivity contribution in [2.24, 2.45) is 0 Å². The van der Waals surface area contributed by atoms with Gasteiger partial charge in [0, 0.05) is 18.1 Å². The fourth-order valence-electron chi connectivity index (χ4n) is 2.99. The largest absolute Gasteiger partial charge is 0.335 e. The molecule has 0 bridgehead atoms. The molecular weight excluding hydrogens is 332 g/mol. The average molecular weight is 349 g/mol. The van der Waals surface area contributed by atoms with Gasteiger partial charge in [-0.05, 0) is 24.6 Å². The van der Waals surface area contributed by atoms with Gasteiger partial charge in [-0.1, -0.05) is 17.7 Å². The van der Waals surface area contributed by atoms with Crippen molar-refractivity contribution in [3.05, 3.63) is 41.4 Å². The van der Waals surface area contributed by atoms with Gasteiger partial charge in [0.2, 0.25) is 5.91 Å². The molecule has 7 nitrogen and oxygen atoms in total. The van der Waals surface area contributed by atoms with Crippen LogP contribution < -0.4 is 16.0 Å². The molecule has 2 aliphatic rings. The zero-order valence-corrected chi connectivity index (χ0v) is 13.6. The van der Waals surface area contributed by atoms with Crippen LogP contribution >= 0.6 is 11.6 Å². The number of carbonyl (C=O) groups is 3. The highest BCUT2D eigenvalue weighted by Crippen LogP contribution is 2.30. The minimum atomic E-state index is -0.617. The first-order valence-corrected chi connectivity index (χ1v) is 7.94. The van der Waals surface area contributed by atoms with Crippen LogP contribution in [0.5, 0.6) is 0 Å². The van der Waals surface area contributed by atoms with E-state index in [1.165, 1.54) is 4.90 Å². The lowest BCUT2D eigenvalue weighted by Gasteiger charge is -2.20. The van der Waals surface area contributed by atoms with Gasteiger partial charge in [-0.15, -0.1) is 6.58 Å². The summed E-state index contributed by atoms with van der Waals surface area (Å²) in [5.41, 5.74) is 0.812. The Labute approximate surface area is 144 Å². The third kappa shape index (κ3) is 3.07. The minimum Gasteiger partial charge on any atom is -0.335 e. The van der Waals surface area contributed by atoms with Gasteiger partial charge in [0.1, 0.15) is 6.04 Å². The number of hydrogen-bond donors (Lipinski definition) is 3. The molecule has 0 aromatic heterocycles. The highest BCUT2D eigenvalue weighted by atomic mass is 35.5. The summed E-state index contributed by atoms with van der Waals surface area (Å²) in [5.74, 6) is -0.527. The summed E-state index contributed by atoms with van der Waals surface area (Å²) in [7, 11) is 0. The van der Waals surface area contributed by atoms with Crippen molar-refractivity contribution in [1.82, 2.24) is 15.5 Å². The van der Waals surface area contributed by atoms with Crippen LogP contribution in [0.3, 0.4) is 0 Å². The zero-order chi connectivity index (χ0) is 17.3. The first-order valence-electron chi connectivity index (χ1n) is 7.56. The molecule has 1 aromatic carbocycles. The van der Waals surface area contributed by atoms with E-state index in [-0.39, 0.29) is 30.4 Å². The first kappa shape index (κ1) is 16.3. The highest BCUT2D eigenvalue weighted by molar-refractivity contribution is 6.31. The monoisotopic (exact) mass is 348 g/mol. The van der Waals surface area contributed by atoms with Crippen molar-refractivity contribution in [2.45, 2.75) is 18.5 Å². The number of nitrogens with zero attached hydrogens (tertiary/aromatic N) is 1. The van der Waals surface area contributed by atoms with Crippen molar-refractivity contribution in [3.63, 3.8) is 0 Å². The Hall–Kier alpha value is -2.54. The summed E-state index contributed by atoms with van der Waals surface area (Å²) in [4.78, 5) is 38.4. The summed E-state index contributed by atoms with van der Waals surface area (Å²) >= 11 is 5.93. The molecule has 1 saturated heterocycles. The Balaban J connectivity index is 1.77. The molecule has 1 aromatic rings. The van der Waals surface area contributed by atoms with Gasteiger partial charge >= 0.3 is 6.03 Å². The van der Waals surface area contributed by atoms with Gasteiger partial charge in [-0.25, -0.2) is 4.79 Å². The molecule has 4 amide bonds. The fraction of sp³-hybridized carbons (Fsp3) is 0.312. The van der Waals surface area contributed by atoms with Crippen LogP contribution in [0.4, 0.5) is 10.5 Å². The van der Waals surface area contributed by atoms with E-state index in [1.807, 2.05) is 0 Å². The van der Waals surface area contributed by atoms with Gasteiger partial charge < -0.3 is 20.9 Å². The van der Waals surface area contributed by atoms with Crippen LogP contribution in [0.15, 0.2) is 30.9 Å². The maximum absolute atomic E-state index is 12.7. The van der Waals surface area contributed by atoms with Gasteiger partial charge in [-0.3, -0.25) is 9.59 Å². The number of hydrogen-bond acceptors (Lipinski definition) is 3. The summed E-state index contributed by atoms with van der Waals surface area (Å²) in [5, 5.41) is 8.57. The Morgan fingerprint density at radius 3 is 3.00 bits per heavy atom. The minimum absolute atomic E-state index is 0.249. The Kier molecular flexibility index (Phi) is 4.44. The highest BCUT2D eigenvalue weighted by Gasteiger charge is 2.43. The summed E-state index contributed by atoms with van der Waals surface area (Å²) in [6.07, 6.45) is 1.93. The van der Waals surface area contributed by atoms with Crippen LogP contribution in [-0.4, -0.2) is 47.9 Å². The number of urea groups is 1. The van der Waals surface area contributed by atoms with Gasteiger partial charge in [0.05, 0.1) is 17.3 Å². The molecule has 3 rings (SSSR count).